The first-order valence-electron chi connectivity index (χ1n) is 12.0. The average molecular weight is 638 g/mol. The van der Waals surface area contributed by atoms with Gasteiger partial charge in [-0.1, -0.05) is 63.9 Å². The zero-order valence-electron chi connectivity index (χ0n) is 21.0. The van der Waals surface area contributed by atoms with Gasteiger partial charge in [0.25, 0.3) is 15.9 Å². The molecule has 1 aromatic heterocycles. The number of carbonyl (C=O) groups excluding carboxylic acids is 1. The molecular weight excluding hydrogens is 616 g/mol. The number of hydrogen-bond donors (Lipinski definition) is 2. The second-order valence-electron chi connectivity index (χ2n) is 8.97. The lowest BCUT2D eigenvalue weighted by Crippen LogP contribution is -2.31. The second-order valence-corrected chi connectivity index (χ2v) is 12.2. The van der Waals surface area contributed by atoms with Gasteiger partial charge in [0.1, 0.15) is 0 Å². The molecule has 5 aromatic rings. The summed E-state index contributed by atoms with van der Waals surface area (Å²) in [5, 5.41) is 19.0. The van der Waals surface area contributed by atoms with Crippen LogP contribution >= 0.6 is 27.5 Å². The highest BCUT2D eigenvalue weighted by Crippen LogP contribution is 2.37. The molecule has 11 heteroatoms. The largest absolute Gasteiger partial charge is 0.493 e. The van der Waals surface area contributed by atoms with Gasteiger partial charge in [-0.05, 0) is 72.6 Å². The molecule has 5 rings (SSSR count). The van der Waals surface area contributed by atoms with Crippen LogP contribution in [0.3, 0.4) is 0 Å². The van der Waals surface area contributed by atoms with Gasteiger partial charge >= 0.3 is 0 Å². The van der Waals surface area contributed by atoms with E-state index in [9.17, 15) is 18.3 Å². The van der Waals surface area contributed by atoms with E-state index in [0.29, 0.717) is 27.2 Å². The van der Waals surface area contributed by atoms with Gasteiger partial charge in [-0.2, -0.15) is 0 Å². The summed E-state index contributed by atoms with van der Waals surface area (Å²) in [5.74, 6) is -0.814. The van der Waals surface area contributed by atoms with Crippen molar-refractivity contribution in [1.29, 1.82) is 0 Å². The zero-order chi connectivity index (χ0) is 28.4. The number of carbonyl (C=O) groups is 1. The molecule has 0 saturated heterocycles. The molecule has 0 atom stereocenters. The van der Waals surface area contributed by atoms with Gasteiger partial charge in [-0.15, -0.1) is 10.2 Å². The predicted molar refractivity (Wildman–Crippen MR) is 159 cm³/mol. The van der Waals surface area contributed by atoms with Crippen LogP contribution in [0.2, 0.25) is 5.02 Å². The normalized spacial score (nSPS) is 11.8. The fraction of sp³-hybridized carbons (Fsp3) is 0.0690. The Morgan fingerprint density at radius 1 is 1.00 bits per heavy atom. The molecule has 0 saturated carbocycles. The summed E-state index contributed by atoms with van der Waals surface area (Å²) in [6, 6.07) is 25.0. The van der Waals surface area contributed by atoms with E-state index in [1.807, 2.05) is 13.0 Å². The van der Waals surface area contributed by atoms with Crippen LogP contribution in [0.5, 0.6) is 5.88 Å². The molecule has 4 aromatic carbocycles. The highest BCUT2D eigenvalue weighted by atomic mass is 79.9. The van der Waals surface area contributed by atoms with Crippen molar-refractivity contribution < 1.29 is 18.3 Å². The number of sulfonamides is 1. The highest BCUT2D eigenvalue weighted by molar-refractivity contribution is 9.10. The number of rotatable bonds is 7. The molecule has 1 amide bonds. The third-order valence-electron chi connectivity index (χ3n) is 6.25. The van der Waals surface area contributed by atoms with Crippen LogP contribution in [0.15, 0.2) is 111 Å². The van der Waals surface area contributed by atoms with Crippen LogP contribution in [-0.4, -0.2) is 24.4 Å². The molecule has 0 spiro atoms. The second kappa shape index (κ2) is 11.2. The summed E-state index contributed by atoms with van der Waals surface area (Å²) in [6.45, 7) is 1.82. The Hall–Kier alpha value is -3.99. The maximum absolute atomic E-state index is 13.7. The van der Waals surface area contributed by atoms with E-state index in [0.717, 1.165) is 10.0 Å². The molecule has 0 radical (unpaired) electrons. The number of aromatic hydroxyl groups is 1. The van der Waals surface area contributed by atoms with E-state index in [2.05, 4.69) is 31.1 Å². The van der Waals surface area contributed by atoms with Crippen LogP contribution in [-0.2, 0) is 16.6 Å². The molecule has 0 aliphatic heterocycles. The van der Waals surface area contributed by atoms with E-state index >= 15 is 0 Å². The van der Waals surface area contributed by atoms with Crippen molar-refractivity contribution in [1.82, 2.24) is 4.98 Å². The molecular formula is C29H22BrClN4O4S. The minimum Gasteiger partial charge on any atom is -0.493 e. The Balaban J connectivity index is 1.42. The topological polar surface area (TPSA) is 115 Å². The van der Waals surface area contributed by atoms with Crippen molar-refractivity contribution in [3.8, 4) is 5.88 Å². The third kappa shape index (κ3) is 5.65. The van der Waals surface area contributed by atoms with Gasteiger partial charge in [0.15, 0.2) is 5.69 Å². The van der Waals surface area contributed by atoms with Crippen LogP contribution in [0.25, 0.3) is 10.9 Å². The first-order valence-corrected chi connectivity index (χ1v) is 14.6. The number of aryl methyl sites for hydroxylation is 1. The maximum Gasteiger partial charge on any atom is 0.295 e. The van der Waals surface area contributed by atoms with Gasteiger partial charge in [-0.3, -0.25) is 9.10 Å². The number of anilines is 1. The Labute approximate surface area is 244 Å². The number of aromatic amines is 1. The molecule has 0 bridgehead atoms. The van der Waals surface area contributed by atoms with Crippen LogP contribution < -0.4 is 4.31 Å². The Morgan fingerprint density at radius 2 is 1.73 bits per heavy atom. The first kappa shape index (κ1) is 27.6. The zero-order valence-corrected chi connectivity index (χ0v) is 24.2. The standard InChI is InChI=1S/C29H22BrClN4O4S/c1-18-7-13-22(31)16-26(18)35(40(38,39)23-5-3-2-4-6-23)17-19-8-10-20(11-9-19)28(36)34-33-27-24-15-21(30)12-14-25(24)32-29(27)37/h2-16,32,37H,17H2,1H3. The van der Waals surface area contributed by atoms with Gasteiger partial charge in [0.2, 0.25) is 5.88 Å². The van der Waals surface area contributed by atoms with Crippen LogP contribution in [0, 0.1) is 6.92 Å². The highest BCUT2D eigenvalue weighted by Gasteiger charge is 2.26. The van der Waals surface area contributed by atoms with Gasteiger partial charge in [-0.25, -0.2) is 8.42 Å². The summed E-state index contributed by atoms with van der Waals surface area (Å²) < 4.78 is 29.5. The van der Waals surface area contributed by atoms with Gasteiger partial charge in [0, 0.05) is 20.4 Å². The molecule has 8 nitrogen and oxygen atoms in total. The minimum absolute atomic E-state index is 0.00644. The number of hydrogen-bond acceptors (Lipinski definition) is 5. The van der Waals surface area contributed by atoms with Crippen molar-refractivity contribution in [2.75, 3.05) is 4.31 Å². The SMILES string of the molecule is Cc1ccc(Cl)cc1N(Cc1ccc(C(=O)N=Nc2c(O)[nH]c3ccc(Br)cc23)cc1)S(=O)(=O)c1ccccc1. The number of nitrogens with zero attached hydrogens (tertiary/aromatic N) is 3. The maximum atomic E-state index is 13.7. The van der Waals surface area contributed by atoms with E-state index in [-0.39, 0.29) is 28.6 Å². The van der Waals surface area contributed by atoms with Crippen molar-refractivity contribution in [3.05, 3.63) is 117 Å². The minimum atomic E-state index is -3.93. The molecule has 0 aliphatic carbocycles. The Bertz CT molecular complexity index is 1860. The summed E-state index contributed by atoms with van der Waals surface area (Å²) in [5.41, 5.74) is 2.89. The predicted octanol–water partition coefficient (Wildman–Crippen LogP) is 7.92. The molecule has 40 heavy (non-hydrogen) atoms. The number of azo groups is 1. The smallest absolute Gasteiger partial charge is 0.295 e. The van der Waals surface area contributed by atoms with E-state index in [1.165, 1.54) is 4.31 Å². The number of halogens is 2. The lowest BCUT2D eigenvalue weighted by molar-refractivity contribution is 0.0995. The molecule has 0 fully saturated rings. The van der Waals surface area contributed by atoms with E-state index < -0.39 is 15.9 Å². The van der Waals surface area contributed by atoms with E-state index in [4.69, 9.17) is 11.6 Å². The van der Waals surface area contributed by atoms with Crippen LogP contribution in [0.1, 0.15) is 21.5 Å². The third-order valence-corrected chi connectivity index (χ3v) is 8.76. The summed E-state index contributed by atoms with van der Waals surface area (Å²) in [6.07, 6.45) is 0. The molecule has 0 aliphatic rings. The van der Waals surface area contributed by atoms with Crippen molar-refractivity contribution in [3.63, 3.8) is 0 Å². The van der Waals surface area contributed by atoms with Crippen molar-refractivity contribution in [2.45, 2.75) is 18.4 Å². The van der Waals surface area contributed by atoms with Crippen molar-refractivity contribution >= 4 is 65.7 Å². The number of H-pyrrole nitrogens is 1. The fourth-order valence-corrected chi connectivity index (χ4v) is 6.24. The quantitative estimate of drug-likeness (QED) is 0.176. The number of nitrogens with one attached hydrogen (secondary N) is 1. The Morgan fingerprint density at radius 3 is 2.45 bits per heavy atom. The lowest BCUT2D eigenvalue weighted by atomic mass is 10.1. The summed E-state index contributed by atoms with van der Waals surface area (Å²) in [7, 11) is -3.93. The number of aromatic nitrogens is 1. The monoisotopic (exact) mass is 636 g/mol. The van der Waals surface area contributed by atoms with Gasteiger partial charge in [0.05, 0.1) is 22.6 Å². The fourth-order valence-electron chi connectivity index (χ4n) is 4.18. The molecule has 0 unspecified atom stereocenters. The number of amides is 1. The van der Waals surface area contributed by atoms with E-state index in [1.54, 1.807) is 84.9 Å². The average Bonchev–Trinajstić information content (AvgIpc) is 3.26. The van der Waals surface area contributed by atoms with Crippen LogP contribution in [0.4, 0.5) is 11.4 Å². The molecule has 202 valence electrons. The number of benzene rings is 4. The van der Waals surface area contributed by atoms with Crippen molar-refractivity contribution in [2.24, 2.45) is 10.2 Å². The molecule has 1 heterocycles. The lowest BCUT2D eigenvalue weighted by Gasteiger charge is -2.26. The Kier molecular flexibility index (Phi) is 7.75. The molecule has 2 N–H and O–H groups in total. The number of fused-ring (bicyclic) bond motifs is 1. The summed E-state index contributed by atoms with van der Waals surface area (Å²) >= 11 is 9.62. The summed E-state index contributed by atoms with van der Waals surface area (Å²) in [4.78, 5) is 15.7. The first-order chi connectivity index (χ1) is 19.1. The van der Waals surface area contributed by atoms with Gasteiger partial charge < -0.3 is 10.1 Å².